The molecule has 0 bridgehead atoms. The molecule has 0 aromatic heterocycles. The van der Waals surface area contributed by atoms with E-state index in [0.717, 1.165) is 43.5 Å². The van der Waals surface area contributed by atoms with Crippen LogP contribution in [-0.2, 0) is 0 Å². The van der Waals surface area contributed by atoms with E-state index in [-0.39, 0.29) is 10.6 Å². The van der Waals surface area contributed by atoms with E-state index in [0.29, 0.717) is 11.3 Å². The minimum atomic E-state index is -0.290. The van der Waals surface area contributed by atoms with Crippen LogP contribution in [0, 0.1) is 10.1 Å². The highest BCUT2D eigenvalue weighted by atomic mass is 16.6. The van der Waals surface area contributed by atoms with Crippen LogP contribution in [0.2, 0.25) is 0 Å². The Morgan fingerprint density at radius 2 is 1.62 bits per heavy atom. The Morgan fingerprint density at radius 3 is 2.38 bits per heavy atom. The lowest BCUT2D eigenvalue weighted by molar-refractivity contribution is -0.383. The van der Waals surface area contributed by atoms with E-state index in [2.05, 4.69) is 47.3 Å². The Morgan fingerprint density at radius 1 is 0.931 bits per heavy atom. The second-order valence-corrected chi connectivity index (χ2v) is 7.79. The van der Waals surface area contributed by atoms with Crippen LogP contribution in [0.25, 0.3) is 10.8 Å². The molecule has 0 amide bonds. The Hall–Kier alpha value is -2.92. The third-order valence-corrected chi connectivity index (χ3v) is 5.92. The number of hydrazine groups is 1. The van der Waals surface area contributed by atoms with Gasteiger partial charge in [0, 0.05) is 31.1 Å². The highest BCUT2D eigenvalue weighted by Crippen LogP contribution is 2.35. The van der Waals surface area contributed by atoms with Gasteiger partial charge < -0.3 is 5.01 Å². The molecule has 1 saturated heterocycles. The maximum Gasteiger partial charge on any atom is 0.277 e. The Kier molecular flexibility index (Phi) is 5.76. The highest BCUT2D eigenvalue weighted by Gasteiger charge is 2.24. The van der Waals surface area contributed by atoms with Crippen LogP contribution in [0.15, 0.2) is 66.7 Å². The summed E-state index contributed by atoms with van der Waals surface area (Å²) >= 11 is 0. The number of nitro benzene ring substituents is 1. The van der Waals surface area contributed by atoms with Crippen molar-refractivity contribution < 1.29 is 4.92 Å². The van der Waals surface area contributed by atoms with Crippen molar-refractivity contribution in [3.63, 3.8) is 0 Å². The monoisotopic (exact) mass is 389 g/mol. The highest BCUT2D eigenvalue weighted by molar-refractivity contribution is 5.99. The third kappa shape index (κ3) is 4.10. The molecular weight excluding hydrogens is 362 g/mol. The van der Waals surface area contributed by atoms with Gasteiger partial charge in [-0.15, -0.1) is 0 Å². The number of anilines is 1. The quantitative estimate of drug-likeness (QED) is 0.397. The molecule has 1 atom stereocenters. The van der Waals surface area contributed by atoms with Gasteiger partial charge in [-0.3, -0.25) is 10.1 Å². The van der Waals surface area contributed by atoms with Gasteiger partial charge in [-0.05, 0) is 42.9 Å². The number of hydrogen-bond acceptors (Lipinski definition) is 4. The molecule has 1 unspecified atom stereocenters. The molecule has 1 fully saturated rings. The van der Waals surface area contributed by atoms with E-state index in [1.54, 1.807) is 6.07 Å². The van der Waals surface area contributed by atoms with E-state index in [1.165, 1.54) is 12.0 Å². The SMILES string of the molecule is CC(CCN1CCCCN1c1ccc([N+](=O)[O-])c2ccccc12)c1ccccc1. The van der Waals surface area contributed by atoms with Crippen LogP contribution < -0.4 is 5.01 Å². The largest absolute Gasteiger partial charge is 0.305 e. The lowest BCUT2D eigenvalue weighted by atomic mass is 9.98. The molecule has 0 spiro atoms. The summed E-state index contributed by atoms with van der Waals surface area (Å²) in [4.78, 5) is 11.2. The molecule has 0 aliphatic carbocycles. The molecule has 3 aromatic carbocycles. The number of non-ortho nitro benzene ring substituents is 1. The Labute approximate surface area is 171 Å². The van der Waals surface area contributed by atoms with E-state index in [4.69, 9.17) is 0 Å². The zero-order valence-electron chi connectivity index (χ0n) is 16.8. The Balaban J connectivity index is 1.59. The number of rotatable bonds is 6. The molecule has 3 aromatic rings. The zero-order valence-corrected chi connectivity index (χ0v) is 16.8. The molecular formula is C24H27N3O2. The lowest BCUT2D eigenvalue weighted by Gasteiger charge is -2.41. The van der Waals surface area contributed by atoms with Crippen molar-refractivity contribution in [2.75, 3.05) is 24.6 Å². The summed E-state index contributed by atoms with van der Waals surface area (Å²) in [6, 6.07) is 21.9. The first-order valence-electron chi connectivity index (χ1n) is 10.4. The van der Waals surface area contributed by atoms with E-state index >= 15 is 0 Å². The predicted molar refractivity (Wildman–Crippen MR) is 118 cm³/mol. The summed E-state index contributed by atoms with van der Waals surface area (Å²) in [6.07, 6.45) is 3.39. The van der Waals surface area contributed by atoms with Crippen LogP contribution in [0.5, 0.6) is 0 Å². The molecule has 1 aliphatic heterocycles. The fraction of sp³-hybridized carbons (Fsp3) is 0.333. The van der Waals surface area contributed by atoms with Gasteiger partial charge in [0.25, 0.3) is 5.69 Å². The summed E-state index contributed by atoms with van der Waals surface area (Å²) in [5.74, 6) is 0.494. The van der Waals surface area contributed by atoms with Gasteiger partial charge in [-0.25, -0.2) is 5.01 Å². The van der Waals surface area contributed by atoms with Crippen LogP contribution in [-0.4, -0.2) is 29.6 Å². The number of nitro groups is 1. The van der Waals surface area contributed by atoms with Crippen molar-refractivity contribution >= 4 is 22.1 Å². The normalized spacial score (nSPS) is 16.1. The van der Waals surface area contributed by atoms with Crippen molar-refractivity contribution in [2.24, 2.45) is 0 Å². The summed E-state index contributed by atoms with van der Waals surface area (Å²) in [6.45, 7) is 5.22. The van der Waals surface area contributed by atoms with Crippen molar-refractivity contribution in [1.82, 2.24) is 5.01 Å². The van der Waals surface area contributed by atoms with Gasteiger partial charge in [-0.2, -0.15) is 0 Å². The fourth-order valence-corrected chi connectivity index (χ4v) is 4.27. The van der Waals surface area contributed by atoms with Crippen molar-refractivity contribution in [1.29, 1.82) is 0 Å². The molecule has 29 heavy (non-hydrogen) atoms. The number of fused-ring (bicyclic) bond motifs is 1. The molecule has 1 heterocycles. The summed E-state index contributed by atoms with van der Waals surface area (Å²) in [7, 11) is 0. The molecule has 4 rings (SSSR count). The molecule has 0 radical (unpaired) electrons. The number of benzene rings is 3. The molecule has 0 saturated carbocycles. The van der Waals surface area contributed by atoms with Gasteiger partial charge >= 0.3 is 0 Å². The summed E-state index contributed by atoms with van der Waals surface area (Å²) in [5.41, 5.74) is 2.61. The smallest absolute Gasteiger partial charge is 0.277 e. The lowest BCUT2D eigenvalue weighted by Crippen LogP contribution is -2.48. The number of hydrogen-bond donors (Lipinski definition) is 0. The van der Waals surface area contributed by atoms with Gasteiger partial charge in [0.2, 0.25) is 0 Å². The van der Waals surface area contributed by atoms with Crippen LogP contribution in [0.1, 0.15) is 37.7 Å². The van der Waals surface area contributed by atoms with E-state index in [9.17, 15) is 10.1 Å². The van der Waals surface area contributed by atoms with E-state index in [1.807, 2.05) is 30.3 Å². The van der Waals surface area contributed by atoms with Gasteiger partial charge in [0.15, 0.2) is 0 Å². The van der Waals surface area contributed by atoms with Crippen LogP contribution in [0.3, 0.4) is 0 Å². The second-order valence-electron chi connectivity index (χ2n) is 7.79. The summed E-state index contributed by atoms with van der Waals surface area (Å²) in [5, 5.41) is 17.9. The number of nitrogens with zero attached hydrogens (tertiary/aromatic N) is 3. The second kappa shape index (κ2) is 8.62. The zero-order chi connectivity index (χ0) is 20.2. The first-order valence-corrected chi connectivity index (χ1v) is 10.4. The predicted octanol–water partition coefficient (Wildman–Crippen LogP) is 5.76. The minimum absolute atomic E-state index is 0.172. The van der Waals surface area contributed by atoms with Gasteiger partial charge in [0.1, 0.15) is 0 Å². The Bertz CT molecular complexity index is 990. The first-order chi connectivity index (χ1) is 14.1. The minimum Gasteiger partial charge on any atom is -0.305 e. The standard InChI is InChI=1S/C24H27N3O2/c1-19(20-9-3-2-4-10-20)15-18-25-16-7-8-17-26(25)23-13-14-24(27(28)29)22-12-6-5-11-21(22)23/h2-6,9-14,19H,7-8,15-18H2,1H3. The van der Waals surface area contributed by atoms with Crippen molar-refractivity contribution in [2.45, 2.75) is 32.1 Å². The molecule has 1 aliphatic rings. The average Bonchev–Trinajstić information content (AvgIpc) is 2.77. The molecule has 0 N–H and O–H groups in total. The molecule has 5 heteroatoms. The van der Waals surface area contributed by atoms with Crippen molar-refractivity contribution in [3.8, 4) is 0 Å². The van der Waals surface area contributed by atoms with Gasteiger partial charge in [-0.1, -0.05) is 55.5 Å². The van der Waals surface area contributed by atoms with Crippen LogP contribution >= 0.6 is 0 Å². The molecule has 150 valence electrons. The maximum absolute atomic E-state index is 11.5. The maximum atomic E-state index is 11.5. The van der Waals surface area contributed by atoms with Crippen molar-refractivity contribution in [3.05, 3.63) is 82.4 Å². The summed E-state index contributed by atoms with van der Waals surface area (Å²) < 4.78 is 0. The first kappa shape index (κ1) is 19.4. The van der Waals surface area contributed by atoms with E-state index < -0.39 is 0 Å². The topological polar surface area (TPSA) is 49.6 Å². The molecule has 5 nitrogen and oxygen atoms in total. The average molecular weight is 389 g/mol. The third-order valence-electron chi connectivity index (χ3n) is 5.92. The van der Waals surface area contributed by atoms with Gasteiger partial charge in [0.05, 0.1) is 16.0 Å². The fourth-order valence-electron chi connectivity index (χ4n) is 4.27. The van der Waals surface area contributed by atoms with Crippen LogP contribution in [0.4, 0.5) is 11.4 Å².